The highest BCUT2D eigenvalue weighted by Crippen LogP contribution is 2.65. The van der Waals surface area contributed by atoms with Crippen LogP contribution in [0.1, 0.15) is 24.8 Å². The fourth-order valence-electron chi connectivity index (χ4n) is 7.52. The van der Waals surface area contributed by atoms with Crippen molar-refractivity contribution in [2.24, 2.45) is 11.8 Å². The molecule has 5 aliphatic heterocycles. The van der Waals surface area contributed by atoms with E-state index in [0.29, 0.717) is 30.9 Å². The highest BCUT2D eigenvalue weighted by Gasteiger charge is 2.70. The summed E-state index contributed by atoms with van der Waals surface area (Å²) in [6, 6.07) is 7.41. The van der Waals surface area contributed by atoms with Crippen molar-refractivity contribution in [3.8, 4) is 0 Å². The number of ether oxygens (including phenoxy) is 1. The van der Waals surface area contributed by atoms with Gasteiger partial charge in [-0.15, -0.1) is 0 Å². The molecule has 0 radical (unpaired) electrons. The van der Waals surface area contributed by atoms with Gasteiger partial charge in [-0.3, -0.25) is 9.69 Å². The second-order valence-electron chi connectivity index (χ2n) is 8.92. The number of nitrogens with zero attached hydrogens (tertiary/aromatic N) is 2. The van der Waals surface area contributed by atoms with E-state index in [9.17, 15) is 4.79 Å². The average Bonchev–Trinajstić information content (AvgIpc) is 3.09. The second-order valence-corrected chi connectivity index (χ2v) is 9.84. The van der Waals surface area contributed by atoms with Crippen molar-refractivity contribution in [3.63, 3.8) is 0 Å². The van der Waals surface area contributed by atoms with E-state index in [1.807, 2.05) is 0 Å². The van der Waals surface area contributed by atoms with Gasteiger partial charge in [0.1, 0.15) is 0 Å². The van der Waals surface area contributed by atoms with Crippen molar-refractivity contribution in [1.82, 2.24) is 4.90 Å². The van der Waals surface area contributed by atoms with Gasteiger partial charge in [-0.2, -0.15) is 0 Å². The van der Waals surface area contributed by atoms with Gasteiger partial charge in [-0.05, 0) is 49.1 Å². The number of benzene rings is 1. The molecule has 0 aromatic heterocycles. The molecule has 1 aromatic rings. The van der Waals surface area contributed by atoms with Crippen molar-refractivity contribution in [2.75, 3.05) is 24.6 Å². The van der Waals surface area contributed by atoms with E-state index in [2.05, 4.69) is 50.0 Å². The molecule has 1 amide bonds. The van der Waals surface area contributed by atoms with Gasteiger partial charge in [0.15, 0.2) is 0 Å². The number of hydrogen-bond donors (Lipinski definition) is 0. The number of fused-ring (bicyclic) bond motifs is 2. The van der Waals surface area contributed by atoms with Crippen LogP contribution in [0.15, 0.2) is 34.3 Å². The highest BCUT2D eigenvalue weighted by atomic mass is 79.9. The molecular weight excluding hydrogens is 392 g/mol. The van der Waals surface area contributed by atoms with Crippen LogP contribution in [0.5, 0.6) is 0 Å². The Balaban J connectivity index is 1.55. The number of amides is 1. The first-order chi connectivity index (χ1) is 12.7. The Morgan fingerprint density at radius 1 is 1.31 bits per heavy atom. The van der Waals surface area contributed by atoms with Crippen LogP contribution in [0, 0.1) is 11.8 Å². The first-order valence-electron chi connectivity index (χ1n) is 9.85. The topological polar surface area (TPSA) is 32.8 Å². The molecule has 5 heterocycles. The Hall–Kier alpha value is -1.17. The lowest BCUT2D eigenvalue weighted by Gasteiger charge is -2.58. The van der Waals surface area contributed by atoms with Gasteiger partial charge in [-0.1, -0.05) is 27.6 Å². The monoisotopic (exact) mass is 412 g/mol. The Morgan fingerprint density at radius 3 is 3.15 bits per heavy atom. The Labute approximate surface area is 161 Å². The summed E-state index contributed by atoms with van der Waals surface area (Å²) < 4.78 is 7.39. The number of carbonyl (C=O) groups is 1. The standard InChI is InChI=1S/C21H21BrN2O2/c22-12-1-2-15-14(7-12)21-4-5-23-10-11-3-6-26-16-9-18(25)24(15)20(21)19(16)13(11)8-17(21)23/h1-3,7,13,16-17,19-20H,4-6,8-10H2/t13?,16-,17?,19?,20?,21+/m0/s1. The Morgan fingerprint density at radius 2 is 2.23 bits per heavy atom. The van der Waals surface area contributed by atoms with Crippen LogP contribution < -0.4 is 4.90 Å². The number of hydrogen-bond acceptors (Lipinski definition) is 3. The zero-order chi connectivity index (χ0) is 17.2. The lowest BCUT2D eigenvalue weighted by Crippen LogP contribution is -2.69. The predicted molar refractivity (Wildman–Crippen MR) is 101 cm³/mol. The maximum atomic E-state index is 13.2. The summed E-state index contributed by atoms with van der Waals surface area (Å²) in [6.07, 6.45) is 5.36. The third-order valence-electron chi connectivity index (χ3n) is 8.27. The van der Waals surface area contributed by atoms with Crippen molar-refractivity contribution < 1.29 is 9.53 Å². The first-order valence-corrected chi connectivity index (χ1v) is 10.6. The molecule has 7 rings (SSSR count). The largest absolute Gasteiger partial charge is 0.373 e. The molecule has 5 heteroatoms. The van der Waals surface area contributed by atoms with Gasteiger partial charge in [0, 0.05) is 34.1 Å². The first kappa shape index (κ1) is 14.8. The fraction of sp³-hybridized carbons (Fsp3) is 0.571. The maximum Gasteiger partial charge on any atom is 0.229 e. The number of carbonyl (C=O) groups excluding carboxylic acids is 1. The zero-order valence-corrected chi connectivity index (χ0v) is 16.1. The van der Waals surface area contributed by atoms with Crippen molar-refractivity contribution in [1.29, 1.82) is 0 Å². The number of rotatable bonds is 0. The van der Waals surface area contributed by atoms with Gasteiger partial charge < -0.3 is 9.64 Å². The molecule has 1 saturated carbocycles. The van der Waals surface area contributed by atoms with E-state index in [1.165, 1.54) is 24.1 Å². The quantitative estimate of drug-likeness (QED) is 0.614. The van der Waals surface area contributed by atoms with Gasteiger partial charge in [0.2, 0.25) is 5.91 Å². The Bertz CT molecular complexity index is 898. The van der Waals surface area contributed by atoms with Gasteiger partial charge in [0.05, 0.1) is 25.2 Å². The summed E-state index contributed by atoms with van der Waals surface area (Å²) in [5, 5.41) is 0. The molecule has 4 fully saturated rings. The summed E-state index contributed by atoms with van der Waals surface area (Å²) in [5.41, 5.74) is 4.25. The predicted octanol–water partition coefficient (Wildman–Crippen LogP) is 2.86. The van der Waals surface area contributed by atoms with E-state index in [0.717, 1.165) is 17.6 Å². The molecule has 3 saturated heterocycles. The Kier molecular flexibility index (Phi) is 2.64. The average molecular weight is 413 g/mol. The van der Waals surface area contributed by atoms with Gasteiger partial charge >= 0.3 is 0 Å². The fourth-order valence-corrected chi connectivity index (χ4v) is 7.88. The van der Waals surface area contributed by atoms with Crippen LogP contribution in [-0.4, -0.2) is 48.7 Å². The number of halogens is 1. The zero-order valence-electron chi connectivity index (χ0n) is 14.5. The van der Waals surface area contributed by atoms with Crippen LogP contribution in [0.2, 0.25) is 0 Å². The molecule has 1 spiro atoms. The number of piperidine rings is 2. The summed E-state index contributed by atoms with van der Waals surface area (Å²) in [6.45, 7) is 2.93. The van der Waals surface area contributed by atoms with E-state index in [1.54, 1.807) is 5.57 Å². The van der Waals surface area contributed by atoms with Crippen molar-refractivity contribution in [3.05, 3.63) is 39.9 Å². The van der Waals surface area contributed by atoms with Crippen LogP contribution in [-0.2, 0) is 14.9 Å². The molecule has 4 nitrogen and oxygen atoms in total. The maximum absolute atomic E-state index is 13.2. The van der Waals surface area contributed by atoms with Crippen LogP contribution in [0.25, 0.3) is 0 Å². The summed E-state index contributed by atoms with van der Waals surface area (Å²) in [5.74, 6) is 1.30. The molecule has 0 N–H and O–H groups in total. The third kappa shape index (κ3) is 1.48. The summed E-state index contributed by atoms with van der Waals surface area (Å²) in [4.78, 5) is 18.1. The third-order valence-corrected chi connectivity index (χ3v) is 8.76. The minimum atomic E-state index is 0.0882. The molecule has 2 bridgehead atoms. The smallest absolute Gasteiger partial charge is 0.229 e. The van der Waals surface area contributed by atoms with E-state index < -0.39 is 0 Å². The minimum Gasteiger partial charge on any atom is -0.373 e. The van der Waals surface area contributed by atoms with E-state index in [-0.39, 0.29) is 23.5 Å². The molecule has 6 aliphatic rings. The molecule has 26 heavy (non-hydrogen) atoms. The van der Waals surface area contributed by atoms with Gasteiger partial charge in [0.25, 0.3) is 0 Å². The molecular formula is C21H21BrN2O2. The molecule has 134 valence electrons. The van der Waals surface area contributed by atoms with E-state index in [4.69, 9.17) is 4.74 Å². The van der Waals surface area contributed by atoms with E-state index >= 15 is 0 Å². The number of anilines is 1. The van der Waals surface area contributed by atoms with Crippen molar-refractivity contribution in [2.45, 2.75) is 42.9 Å². The summed E-state index contributed by atoms with van der Waals surface area (Å²) in [7, 11) is 0. The molecule has 1 aromatic carbocycles. The summed E-state index contributed by atoms with van der Waals surface area (Å²) >= 11 is 3.70. The highest BCUT2D eigenvalue weighted by molar-refractivity contribution is 9.10. The van der Waals surface area contributed by atoms with Crippen LogP contribution in [0.3, 0.4) is 0 Å². The lowest BCUT2D eigenvalue weighted by atomic mass is 9.53. The van der Waals surface area contributed by atoms with Crippen molar-refractivity contribution >= 4 is 27.5 Å². The SMILES string of the molecule is O=C1C[C@@H]2OCC=C3CN4CC[C@]56c7cc(Br)ccc7N1C5C2C3CC46. The van der Waals surface area contributed by atoms with Crippen LogP contribution >= 0.6 is 15.9 Å². The minimum absolute atomic E-state index is 0.0882. The molecule has 4 unspecified atom stereocenters. The second kappa shape index (κ2) is 4.62. The molecule has 6 atom stereocenters. The van der Waals surface area contributed by atoms with Crippen LogP contribution in [0.4, 0.5) is 5.69 Å². The normalized spacial score (nSPS) is 44.7. The molecule has 1 aliphatic carbocycles. The lowest BCUT2D eigenvalue weighted by molar-refractivity contribution is -0.132. The van der Waals surface area contributed by atoms with Gasteiger partial charge in [-0.25, -0.2) is 0 Å².